The molecule has 0 radical (unpaired) electrons. The van der Waals surface area contributed by atoms with E-state index < -0.39 is 0 Å². The molecule has 0 spiro atoms. The first-order chi connectivity index (χ1) is 10.2. The number of rotatable bonds is 6. The minimum Gasteiger partial charge on any atom is -0.353 e. The molecule has 0 aromatic heterocycles. The Kier molecular flexibility index (Phi) is 6.24. The summed E-state index contributed by atoms with van der Waals surface area (Å²) in [6.07, 6.45) is 4.16. The number of carbonyl (C=O) groups excluding carboxylic acids is 1. The normalized spacial score (nSPS) is 18.4. The van der Waals surface area contributed by atoms with Crippen molar-refractivity contribution < 1.29 is 4.79 Å². The fourth-order valence-electron chi connectivity index (χ4n) is 3.06. The van der Waals surface area contributed by atoms with Crippen LogP contribution in [0.3, 0.4) is 0 Å². The Morgan fingerprint density at radius 1 is 1.29 bits per heavy atom. The highest BCUT2D eigenvalue weighted by Crippen LogP contribution is 2.19. The smallest absolute Gasteiger partial charge is 0.223 e. The van der Waals surface area contributed by atoms with Gasteiger partial charge >= 0.3 is 0 Å². The number of carbonyl (C=O) groups is 1. The Hall–Kier alpha value is -1.35. The molecule has 1 aliphatic heterocycles. The second-order valence-electron chi connectivity index (χ2n) is 6.23. The molecule has 21 heavy (non-hydrogen) atoms. The van der Waals surface area contributed by atoms with Crippen molar-refractivity contribution in [1.29, 1.82) is 0 Å². The molecule has 2 rings (SSSR count). The fourth-order valence-corrected chi connectivity index (χ4v) is 3.06. The van der Waals surface area contributed by atoms with Gasteiger partial charge in [-0.15, -0.1) is 0 Å². The highest BCUT2D eigenvalue weighted by atomic mass is 16.1. The third kappa shape index (κ3) is 5.16. The summed E-state index contributed by atoms with van der Waals surface area (Å²) in [6, 6.07) is 10.9. The maximum atomic E-state index is 12.2. The van der Waals surface area contributed by atoms with Crippen molar-refractivity contribution in [1.82, 2.24) is 10.2 Å². The lowest BCUT2D eigenvalue weighted by atomic mass is 9.95. The Labute approximate surface area is 128 Å². The molecule has 1 aromatic rings. The van der Waals surface area contributed by atoms with Crippen LogP contribution in [-0.2, 0) is 11.3 Å². The highest BCUT2D eigenvalue weighted by Gasteiger charge is 2.25. The Morgan fingerprint density at radius 2 is 1.95 bits per heavy atom. The number of hydrogen-bond donors (Lipinski definition) is 1. The van der Waals surface area contributed by atoms with Gasteiger partial charge in [-0.2, -0.15) is 0 Å². The number of nitrogens with zero attached hydrogens (tertiary/aromatic N) is 1. The number of hydrogen-bond acceptors (Lipinski definition) is 2. The summed E-state index contributed by atoms with van der Waals surface area (Å²) < 4.78 is 0. The lowest BCUT2D eigenvalue weighted by Crippen LogP contribution is -2.42. The lowest BCUT2D eigenvalue weighted by Gasteiger charge is -2.31. The molecule has 0 aliphatic carbocycles. The summed E-state index contributed by atoms with van der Waals surface area (Å²) in [5.41, 5.74) is 1.36. The van der Waals surface area contributed by atoms with Crippen molar-refractivity contribution >= 4 is 5.91 Å². The van der Waals surface area contributed by atoms with E-state index in [-0.39, 0.29) is 11.8 Å². The molecule has 0 saturated carbocycles. The van der Waals surface area contributed by atoms with E-state index in [4.69, 9.17) is 0 Å². The van der Waals surface area contributed by atoms with E-state index in [0.29, 0.717) is 6.04 Å². The molecular weight excluding hydrogens is 260 g/mol. The van der Waals surface area contributed by atoms with Crippen LogP contribution >= 0.6 is 0 Å². The van der Waals surface area contributed by atoms with E-state index in [0.717, 1.165) is 45.3 Å². The minimum atomic E-state index is 0.205. The van der Waals surface area contributed by atoms with Gasteiger partial charge in [0.25, 0.3) is 0 Å². The SMILES string of the molecule is CCC[C@@H](C)NC(=O)C1CCN(Cc2ccccc2)CC1. The van der Waals surface area contributed by atoms with Crippen molar-refractivity contribution in [2.45, 2.75) is 52.1 Å². The van der Waals surface area contributed by atoms with Crippen LogP contribution in [0.25, 0.3) is 0 Å². The Bertz CT molecular complexity index is 424. The zero-order valence-electron chi connectivity index (χ0n) is 13.3. The molecule has 116 valence electrons. The summed E-state index contributed by atoms with van der Waals surface area (Å²) >= 11 is 0. The molecule has 1 saturated heterocycles. The van der Waals surface area contributed by atoms with Crippen LogP contribution in [0.1, 0.15) is 45.1 Å². The van der Waals surface area contributed by atoms with E-state index in [2.05, 4.69) is 54.4 Å². The van der Waals surface area contributed by atoms with Gasteiger partial charge in [0, 0.05) is 18.5 Å². The molecule has 1 N–H and O–H groups in total. The first kappa shape index (κ1) is 16.0. The van der Waals surface area contributed by atoms with Gasteiger partial charge < -0.3 is 5.32 Å². The van der Waals surface area contributed by atoms with Gasteiger partial charge in [-0.1, -0.05) is 43.7 Å². The maximum absolute atomic E-state index is 12.2. The second kappa shape index (κ2) is 8.18. The van der Waals surface area contributed by atoms with E-state index in [1.165, 1.54) is 5.56 Å². The predicted molar refractivity (Wildman–Crippen MR) is 87.0 cm³/mol. The monoisotopic (exact) mass is 288 g/mol. The largest absolute Gasteiger partial charge is 0.353 e. The van der Waals surface area contributed by atoms with Gasteiger partial charge in [-0.25, -0.2) is 0 Å². The van der Waals surface area contributed by atoms with E-state index >= 15 is 0 Å². The summed E-state index contributed by atoms with van der Waals surface area (Å²) in [5.74, 6) is 0.464. The average Bonchev–Trinajstić information content (AvgIpc) is 2.49. The van der Waals surface area contributed by atoms with Gasteiger partial charge in [0.05, 0.1) is 0 Å². The first-order valence-corrected chi connectivity index (χ1v) is 8.25. The summed E-state index contributed by atoms with van der Waals surface area (Å²) in [4.78, 5) is 14.7. The minimum absolute atomic E-state index is 0.205. The van der Waals surface area contributed by atoms with Gasteiger partial charge in [0.15, 0.2) is 0 Å². The van der Waals surface area contributed by atoms with E-state index in [1.807, 2.05) is 0 Å². The van der Waals surface area contributed by atoms with Crippen LogP contribution in [0.4, 0.5) is 0 Å². The third-order valence-corrected chi connectivity index (χ3v) is 4.32. The molecule has 1 heterocycles. The fraction of sp³-hybridized carbons (Fsp3) is 0.611. The van der Waals surface area contributed by atoms with Crippen molar-refractivity contribution in [2.24, 2.45) is 5.92 Å². The zero-order chi connectivity index (χ0) is 15.1. The standard InChI is InChI=1S/C18H28N2O/c1-3-7-15(2)19-18(21)17-10-12-20(13-11-17)14-16-8-5-4-6-9-16/h4-6,8-9,15,17H,3,7,10-14H2,1-2H3,(H,19,21)/t15-/m1/s1. The topological polar surface area (TPSA) is 32.3 Å². The molecular formula is C18H28N2O. The van der Waals surface area contributed by atoms with Gasteiger partial charge in [0.2, 0.25) is 5.91 Å². The van der Waals surface area contributed by atoms with Crippen molar-refractivity contribution in [3.8, 4) is 0 Å². The molecule has 1 atom stereocenters. The lowest BCUT2D eigenvalue weighted by molar-refractivity contribution is -0.127. The molecule has 1 fully saturated rings. The second-order valence-corrected chi connectivity index (χ2v) is 6.23. The molecule has 1 aromatic carbocycles. The van der Waals surface area contributed by atoms with E-state index in [9.17, 15) is 4.79 Å². The first-order valence-electron chi connectivity index (χ1n) is 8.25. The van der Waals surface area contributed by atoms with Crippen LogP contribution in [0, 0.1) is 5.92 Å². The molecule has 0 bridgehead atoms. The Balaban J connectivity index is 1.74. The molecule has 1 amide bonds. The van der Waals surface area contributed by atoms with Crippen LogP contribution in [-0.4, -0.2) is 29.9 Å². The van der Waals surface area contributed by atoms with Crippen LogP contribution < -0.4 is 5.32 Å². The highest BCUT2D eigenvalue weighted by molar-refractivity contribution is 5.79. The van der Waals surface area contributed by atoms with Crippen LogP contribution in [0.5, 0.6) is 0 Å². The number of nitrogens with one attached hydrogen (secondary N) is 1. The third-order valence-electron chi connectivity index (χ3n) is 4.32. The van der Waals surface area contributed by atoms with Gasteiger partial charge in [-0.3, -0.25) is 9.69 Å². The molecule has 3 nitrogen and oxygen atoms in total. The number of likely N-dealkylation sites (tertiary alicyclic amines) is 1. The van der Waals surface area contributed by atoms with Crippen molar-refractivity contribution in [3.05, 3.63) is 35.9 Å². The number of amides is 1. The van der Waals surface area contributed by atoms with Crippen LogP contribution in [0.15, 0.2) is 30.3 Å². The van der Waals surface area contributed by atoms with Gasteiger partial charge in [0.1, 0.15) is 0 Å². The Morgan fingerprint density at radius 3 is 2.57 bits per heavy atom. The van der Waals surface area contributed by atoms with Gasteiger partial charge in [-0.05, 0) is 44.8 Å². The molecule has 0 unspecified atom stereocenters. The summed E-state index contributed by atoms with van der Waals surface area (Å²) in [7, 11) is 0. The van der Waals surface area contributed by atoms with Crippen molar-refractivity contribution in [2.75, 3.05) is 13.1 Å². The quantitative estimate of drug-likeness (QED) is 0.872. The maximum Gasteiger partial charge on any atom is 0.223 e. The molecule has 1 aliphatic rings. The van der Waals surface area contributed by atoms with Crippen LogP contribution in [0.2, 0.25) is 0 Å². The zero-order valence-corrected chi connectivity index (χ0v) is 13.3. The summed E-state index contributed by atoms with van der Waals surface area (Å²) in [5, 5.41) is 3.16. The number of benzene rings is 1. The molecule has 3 heteroatoms. The van der Waals surface area contributed by atoms with Crippen molar-refractivity contribution in [3.63, 3.8) is 0 Å². The average molecular weight is 288 g/mol. The van der Waals surface area contributed by atoms with E-state index in [1.54, 1.807) is 0 Å². The summed E-state index contributed by atoms with van der Waals surface area (Å²) in [6.45, 7) is 7.31. The number of piperidine rings is 1. The predicted octanol–water partition coefficient (Wildman–Crippen LogP) is 3.20.